The molecule has 0 fully saturated rings. The molecular weight excluding hydrogens is 190 g/mol. The Kier molecular flexibility index (Phi) is 3.71. The molecule has 1 heterocycles. The van der Waals surface area contributed by atoms with Crippen molar-refractivity contribution in [1.82, 2.24) is 4.98 Å². The number of alkyl halides is 1. The molecule has 0 aliphatic rings. The highest BCUT2D eigenvalue weighted by Crippen LogP contribution is 2.10. The van der Waals surface area contributed by atoms with Gasteiger partial charge in [0.25, 0.3) is 0 Å². The highest BCUT2D eigenvalue weighted by atomic mass is 35.5. The van der Waals surface area contributed by atoms with Crippen molar-refractivity contribution in [3.63, 3.8) is 0 Å². The standard InChI is InChI=1S/C9H10ClNO2/c1-2-13-9(12)8-3-4-11-6-7(8)5-10/h3-4,6H,2,5H2,1H3. The minimum absolute atomic E-state index is 0.266. The van der Waals surface area contributed by atoms with Gasteiger partial charge in [0.1, 0.15) is 0 Å². The van der Waals surface area contributed by atoms with Crippen LogP contribution in [0.5, 0.6) is 0 Å². The molecule has 0 saturated carbocycles. The van der Waals surface area contributed by atoms with E-state index in [1.54, 1.807) is 25.4 Å². The number of hydrogen-bond acceptors (Lipinski definition) is 3. The second-order valence-electron chi connectivity index (χ2n) is 2.39. The predicted octanol–water partition coefficient (Wildman–Crippen LogP) is 2.00. The van der Waals surface area contributed by atoms with Crippen LogP contribution in [-0.4, -0.2) is 17.6 Å². The first-order valence-corrected chi connectivity index (χ1v) is 4.49. The number of rotatable bonds is 3. The Hall–Kier alpha value is -1.09. The Morgan fingerprint density at radius 3 is 3.08 bits per heavy atom. The molecule has 1 aromatic rings. The first-order valence-electron chi connectivity index (χ1n) is 3.95. The van der Waals surface area contributed by atoms with E-state index in [0.717, 1.165) is 0 Å². The molecule has 1 aromatic heterocycles. The smallest absolute Gasteiger partial charge is 0.338 e. The average Bonchev–Trinajstić information content (AvgIpc) is 2.18. The summed E-state index contributed by atoms with van der Waals surface area (Å²) in [5, 5.41) is 0. The highest BCUT2D eigenvalue weighted by Gasteiger charge is 2.10. The van der Waals surface area contributed by atoms with Crippen molar-refractivity contribution in [2.45, 2.75) is 12.8 Å². The van der Waals surface area contributed by atoms with Crippen molar-refractivity contribution < 1.29 is 9.53 Å². The summed E-state index contributed by atoms with van der Waals surface area (Å²) in [7, 11) is 0. The number of ether oxygens (including phenoxy) is 1. The molecule has 1 rings (SSSR count). The number of carbonyl (C=O) groups excluding carboxylic acids is 1. The predicted molar refractivity (Wildman–Crippen MR) is 49.8 cm³/mol. The second kappa shape index (κ2) is 4.82. The van der Waals surface area contributed by atoms with Crippen molar-refractivity contribution >= 4 is 17.6 Å². The van der Waals surface area contributed by atoms with Crippen LogP contribution in [0.2, 0.25) is 0 Å². The maximum atomic E-state index is 11.3. The number of carbonyl (C=O) groups is 1. The van der Waals surface area contributed by atoms with Crippen LogP contribution >= 0.6 is 11.6 Å². The van der Waals surface area contributed by atoms with E-state index in [9.17, 15) is 4.79 Å². The Morgan fingerprint density at radius 1 is 1.69 bits per heavy atom. The van der Waals surface area contributed by atoms with Crippen LogP contribution in [0.25, 0.3) is 0 Å². The largest absolute Gasteiger partial charge is 0.462 e. The molecular formula is C9H10ClNO2. The molecule has 0 radical (unpaired) electrons. The molecule has 0 N–H and O–H groups in total. The summed E-state index contributed by atoms with van der Waals surface area (Å²) in [5.41, 5.74) is 1.19. The number of halogens is 1. The summed E-state index contributed by atoms with van der Waals surface area (Å²) in [6, 6.07) is 1.61. The maximum Gasteiger partial charge on any atom is 0.338 e. The molecule has 0 aromatic carbocycles. The molecule has 0 aliphatic heterocycles. The number of esters is 1. The van der Waals surface area contributed by atoms with Gasteiger partial charge in [-0.3, -0.25) is 4.98 Å². The van der Waals surface area contributed by atoms with Gasteiger partial charge in [-0.1, -0.05) is 0 Å². The number of nitrogens with zero attached hydrogens (tertiary/aromatic N) is 1. The number of hydrogen-bond donors (Lipinski definition) is 0. The lowest BCUT2D eigenvalue weighted by atomic mass is 10.2. The molecule has 3 nitrogen and oxygen atoms in total. The van der Waals surface area contributed by atoms with Gasteiger partial charge in [0.05, 0.1) is 12.2 Å². The van der Waals surface area contributed by atoms with Crippen LogP contribution in [0.1, 0.15) is 22.8 Å². The van der Waals surface area contributed by atoms with E-state index in [2.05, 4.69) is 4.98 Å². The summed E-state index contributed by atoms with van der Waals surface area (Å²) in [5.74, 6) is -0.0809. The SMILES string of the molecule is CCOC(=O)c1ccncc1CCl. The van der Waals surface area contributed by atoms with Crippen molar-refractivity contribution in [2.24, 2.45) is 0 Å². The molecule has 0 atom stereocenters. The van der Waals surface area contributed by atoms with Crippen LogP contribution in [0, 0.1) is 0 Å². The summed E-state index contributed by atoms with van der Waals surface area (Å²) in [6.07, 6.45) is 3.11. The number of aromatic nitrogens is 1. The Morgan fingerprint density at radius 2 is 2.46 bits per heavy atom. The zero-order chi connectivity index (χ0) is 9.68. The van der Waals surface area contributed by atoms with Gasteiger partial charge in [-0.15, -0.1) is 11.6 Å². The highest BCUT2D eigenvalue weighted by molar-refractivity contribution is 6.17. The van der Waals surface area contributed by atoms with Gasteiger partial charge in [0.15, 0.2) is 0 Å². The van der Waals surface area contributed by atoms with Gasteiger partial charge in [0.2, 0.25) is 0 Å². The molecule has 0 saturated heterocycles. The summed E-state index contributed by atoms with van der Waals surface area (Å²) in [6.45, 7) is 2.13. The molecule has 0 aliphatic carbocycles. The van der Waals surface area contributed by atoms with Crippen molar-refractivity contribution in [1.29, 1.82) is 0 Å². The topological polar surface area (TPSA) is 39.2 Å². The molecule has 4 heteroatoms. The Bertz CT molecular complexity index is 301. The van der Waals surface area contributed by atoms with Gasteiger partial charge >= 0.3 is 5.97 Å². The van der Waals surface area contributed by atoms with Crippen molar-refractivity contribution in [3.05, 3.63) is 29.6 Å². The van der Waals surface area contributed by atoms with Crippen molar-refractivity contribution in [3.8, 4) is 0 Å². The number of pyridine rings is 1. The first-order chi connectivity index (χ1) is 6.29. The van der Waals surface area contributed by atoms with Crippen LogP contribution < -0.4 is 0 Å². The third kappa shape index (κ3) is 2.42. The Balaban J connectivity index is 2.92. The van der Waals surface area contributed by atoms with E-state index in [4.69, 9.17) is 16.3 Å². The van der Waals surface area contributed by atoms with Crippen LogP contribution in [-0.2, 0) is 10.6 Å². The molecule has 0 spiro atoms. The molecule has 0 bridgehead atoms. The molecule has 0 unspecified atom stereocenters. The van der Waals surface area contributed by atoms with Crippen LogP contribution in [0.3, 0.4) is 0 Å². The second-order valence-corrected chi connectivity index (χ2v) is 2.65. The first kappa shape index (κ1) is 9.99. The van der Waals surface area contributed by atoms with Gasteiger partial charge in [-0.05, 0) is 18.6 Å². The van der Waals surface area contributed by atoms with Crippen LogP contribution in [0.15, 0.2) is 18.5 Å². The molecule has 70 valence electrons. The fourth-order valence-corrected chi connectivity index (χ4v) is 1.15. The lowest BCUT2D eigenvalue weighted by Gasteiger charge is -2.04. The zero-order valence-corrected chi connectivity index (χ0v) is 8.04. The quantitative estimate of drug-likeness (QED) is 0.552. The van der Waals surface area contributed by atoms with Gasteiger partial charge < -0.3 is 4.74 Å². The van der Waals surface area contributed by atoms with Gasteiger partial charge in [-0.25, -0.2) is 4.79 Å². The third-order valence-corrected chi connectivity index (χ3v) is 1.83. The van der Waals surface area contributed by atoms with Crippen molar-refractivity contribution in [2.75, 3.05) is 6.61 Å². The minimum atomic E-state index is -0.347. The normalized spacial score (nSPS) is 9.69. The van der Waals surface area contributed by atoms with Gasteiger partial charge in [-0.2, -0.15) is 0 Å². The van der Waals surface area contributed by atoms with Gasteiger partial charge in [0, 0.05) is 18.3 Å². The minimum Gasteiger partial charge on any atom is -0.462 e. The maximum absolute atomic E-state index is 11.3. The monoisotopic (exact) mass is 199 g/mol. The van der Waals surface area contributed by atoms with E-state index < -0.39 is 0 Å². The van der Waals surface area contributed by atoms with E-state index in [-0.39, 0.29) is 11.8 Å². The Labute approximate surface area is 81.7 Å². The fraction of sp³-hybridized carbons (Fsp3) is 0.333. The lowest BCUT2D eigenvalue weighted by Crippen LogP contribution is -2.07. The summed E-state index contributed by atoms with van der Waals surface area (Å²) in [4.78, 5) is 15.2. The molecule has 0 amide bonds. The van der Waals surface area contributed by atoms with E-state index in [1.165, 1.54) is 0 Å². The average molecular weight is 200 g/mol. The molecule has 13 heavy (non-hydrogen) atoms. The summed E-state index contributed by atoms with van der Waals surface area (Å²) >= 11 is 5.63. The van der Waals surface area contributed by atoms with Crippen LogP contribution in [0.4, 0.5) is 0 Å². The van der Waals surface area contributed by atoms with E-state index in [0.29, 0.717) is 17.7 Å². The zero-order valence-electron chi connectivity index (χ0n) is 7.29. The third-order valence-electron chi connectivity index (χ3n) is 1.54. The lowest BCUT2D eigenvalue weighted by molar-refractivity contribution is 0.0525. The summed E-state index contributed by atoms with van der Waals surface area (Å²) < 4.78 is 4.85. The fourth-order valence-electron chi connectivity index (χ4n) is 0.942. The van der Waals surface area contributed by atoms with E-state index in [1.807, 2.05) is 0 Å². The van der Waals surface area contributed by atoms with E-state index >= 15 is 0 Å².